The summed E-state index contributed by atoms with van der Waals surface area (Å²) in [5.41, 5.74) is 0.306. The average molecular weight is 358 g/mol. The highest BCUT2D eigenvalue weighted by atomic mass is 32.2. The summed E-state index contributed by atoms with van der Waals surface area (Å²) in [6.07, 6.45) is 0. The molecule has 0 heterocycles. The Morgan fingerprint density at radius 1 is 1.17 bits per heavy atom. The highest BCUT2D eigenvalue weighted by Crippen LogP contribution is 2.16. The fourth-order valence-electron chi connectivity index (χ4n) is 2.09. The molecule has 0 unspecified atom stereocenters. The molecule has 1 rings (SSSR count). The number of hydrogen-bond donors (Lipinski definition) is 1. The smallest absolute Gasteiger partial charge is 0.251 e. The Labute approximate surface area is 144 Å². The summed E-state index contributed by atoms with van der Waals surface area (Å²) in [5, 5.41) is 2.70. The maximum atomic E-state index is 12.5. The van der Waals surface area contributed by atoms with Gasteiger partial charge in [-0.1, -0.05) is 19.9 Å². The first-order chi connectivity index (χ1) is 11.5. The monoisotopic (exact) mass is 358 g/mol. The van der Waals surface area contributed by atoms with Crippen molar-refractivity contribution in [2.75, 3.05) is 46.6 Å². The number of carbonyl (C=O) groups is 1. The van der Waals surface area contributed by atoms with Crippen LogP contribution in [-0.4, -0.2) is 65.2 Å². The molecule has 0 radical (unpaired) electrons. The third-order valence-electron chi connectivity index (χ3n) is 3.40. The number of hydrogen-bond acceptors (Lipinski definition) is 5. The van der Waals surface area contributed by atoms with E-state index in [9.17, 15) is 13.2 Å². The van der Waals surface area contributed by atoms with Crippen LogP contribution >= 0.6 is 0 Å². The Kier molecular flexibility index (Phi) is 8.91. The lowest BCUT2D eigenvalue weighted by Crippen LogP contribution is -2.31. The second-order valence-corrected chi connectivity index (χ2v) is 6.92. The van der Waals surface area contributed by atoms with Crippen LogP contribution in [0, 0.1) is 0 Å². The summed E-state index contributed by atoms with van der Waals surface area (Å²) in [5.74, 6) is -0.332. The molecule has 0 aliphatic carbocycles. The van der Waals surface area contributed by atoms with E-state index in [1.165, 1.54) is 16.4 Å². The van der Waals surface area contributed by atoms with E-state index in [1.54, 1.807) is 33.1 Å². The van der Waals surface area contributed by atoms with E-state index < -0.39 is 10.0 Å². The summed E-state index contributed by atoms with van der Waals surface area (Å²) in [6, 6.07) is 6.05. The fraction of sp³-hybridized carbons (Fsp3) is 0.562. The number of sulfonamides is 1. The number of rotatable bonds is 11. The topological polar surface area (TPSA) is 84.9 Å². The minimum atomic E-state index is -3.58. The highest BCUT2D eigenvalue weighted by molar-refractivity contribution is 7.89. The summed E-state index contributed by atoms with van der Waals surface area (Å²) in [7, 11) is -1.99. The van der Waals surface area contributed by atoms with Crippen molar-refractivity contribution >= 4 is 15.9 Å². The van der Waals surface area contributed by atoms with E-state index in [0.29, 0.717) is 45.0 Å². The molecule has 8 heteroatoms. The quantitative estimate of drug-likeness (QED) is 0.599. The molecule has 24 heavy (non-hydrogen) atoms. The lowest BCUT2D eigenvalue weighted by atomic mass is 10.2. The standard InChI is InChI=1S/C16H26N2O5S/c1-4-18(5-2)24(20,21)15-8-6-7-14(13-15)16(19)17-9-10-23-12-11-22-3/h6-8,13H,4-5,9-12H2,1-3H3,(H,17,19). The molecule has 0 saturated carbocycles. The van der Waals surface area contributed by atoms with Crippen molar-refractivity contribution in [1.82, 2.24) is 9.62 Å². The molecular weight excluding hydrogens is 332 g/mol. The normalized spacial score (nSPS) is 11.7. The molecule has 0 bridgehead atoms. The van der Waals surface area contributed by atoms with E-state index in [0.717, 1.165) is 0 Å². The molecule has 0 aliphatic rings. The zero-order chi connectivity index (χ0) is 18.0. The van der Waals surface area contributed by atoms with Crippen molar-refractivity contribution in [1.29, 1.82) is 0 Å². The maximum Gasteiger partial charge on any atom is 0.251 e. The Balaban J connectivity index is 2.69. The fourth-order valence-corrected chi connectivity index (χ4v) is 3.60. The molecule has 0 atom stereocenters. The van der Waals surface area contributed by atoms with Gasteiger partial charge in [0, 0.05) is 32.3 Å². The van der Waals surface area contributed by atoms with Gasteiger partial charge in [0.25, 0.3) is 5.91 Å². The van der Waals surface area contributed by atoms with Gasteiger partial charge >= 0.3 is 0 Å². The van der Waals surface area contributed by atoms with Gasteiger partial charge in [-0.2, -0.15) is 4.31 Å². The van der Waals surface area contributed by atoms with E-state index in [2.05, 4.69) is 5.32 Å². The summed E-state index contributed by atoms with van der Waals surface area (Å²) in [6.45, 7) is 6.00. The molecule has 0 spiro atoms. The number of nitrogens with zero attached hydrogens (tertiary/aromatic N) is 1. The summed E-state index contributed by atoms with van der Waals surface area (Å²) >= 11 is 0. The van der Waals surface area contributed by atoms with Crippen molar-refractivity contribution in [3.05, 3.63) is 29.8 Å². The van der Waals surface area contributed by atoms with Crippen molar-refractivity contribution in [2.24, 2.45) is 0 Å². The lowest BCUT2D eigenvalue weighted by molar-refractivity contribution is 0.0692. The summed E-state index contributed by atoms with van der Waals surface area (Å²) < 4.78 is 36.4. The number of nitrogens with one attached hydrogen (secondary N) is 1. The van der Waals surface area contributed by atoms with E-state index in [4.69, 9.17) is 9.47 Å². The van der Waals surface area contributed by atoms with E-state index in [1.807, 2.05) is 0 Å². The minimum absolute atomic E-state index is 0.121. The van der Waals surface area contributed by atoms with Gasteiger partial charge < -0.3 is 14.8 Å². The Bertz CT molecular complexity index is 615. The predicted molar refractivity (Wildman–Crippen MR) is 91.6 cm³/mol. The van der Waals surface area contributed by atoms with Crippen LogP contribution in [-0.2, 0) is 19.5 Å². The first-order valence-corrected chi connectivity index (χ1v) is 9.36. The van der Waals surface area contributed by atoms with Gasteiger partial charge in [0.05, 0.1) is 24.7 Å². The van der Waals surface area contributed by atoms with E-state index >= 15 is 0 Å². The predicted octanol–water partition coefficient (Wildman–Crippen LogP) is 1.11. The number of ether oxygens (including phenoxy) is 2. The summed E-state index contributed by atoms with van der Waals surface area (Å²) in [4.78, 5) is 12.2. The Morgan fingerprint density at radius 3 is 2.50 bits per heavy atom. The molecule has 0 aliphatic heterocycles. The third-order valence-corrected chi connectivity index (χ3v) is 5.45. The zero-order valence-electron chi connectivity index (χ0n) is 14.4. The van der Waals surface area contributed by atoms with Gasteiger partial charge in [0.15, 0.2) is 0 Å². The Morgan fingerprint density at radius 2 is 1.88 bits per heavy atom. The zero-order valence-corrected chi connectivity index (χ0v) is 15.3. The van der Waals surface area contributed by atoms with Crippen molar-refractivity contribution in [3.63, 3.8) is 0 Å². The van der Waals surface area contributed by atoms with Crippen LogP contribution in [0.1, 0.15) is 24.2 Å². The first-order valence-electron chi connectivity index (χ1n) is 7.92. The average Bonchev–Trinajstić information content (AvgIpc) is 2.58. The first kappa shape index (κ1) is 20.6. The SMILES string of the molecule is CCN(CC)S(=O)(=O)c1cccc(C(=O)NCCOCCOC)c1. The molecular formula is C16H26N2O5S. The lowest BCUT2D eigenvalue weighted by Gasteiger charge is -2.18. The molecule has 1 amide bonds. The van der Waals surface area contributed by atoms with Gasteiger partial charge in [-0.3, -0.25) is 4.79 Å². The highest BCUT2D eigenvalue weighted by Gasteiger charge is 2.22. The molecule has 7 nitrogen and oxygen atoms in total. The van der Waals surface area contributed by atoms with Gasteiger partial charge in [0.1, 0.15) is 0 Å². The van der Waals surface area contributed by atoms with Crippen LogP contribution in [0.25, 0.3) is 0 Å². The van der Waals surface area contributed by atoms with Gasteiger partial charge in [-0.25, -0.2) is 8.42 Å². The largest absolute Gasteiger partial charge is 0.382 e. The number of carbonyl (C=O) groups excluding carboxylic acids is 1. The van der Waals surface area contributed by atoms with Crippen LogP contribution < -0.4 is 5.32 Å². The molecule has 1 aromatic rings. The molecule has 1 N–H and O–H groups in total. The minimum Gasteiger partial charge on any atom is -0.382 e. The third kappa shape index (κ3) is 5.86. The molecule has 1 aromatic carbocycles. The molecule has 136 valence electrons. The van der Waals surface area contributed by atoms with Crippen LogP contribution in [0.4, 0.5) is 0 Å². The van der Waals surface area contributed by atoms with Crippen molar-refractivity contribution < 1.29 is 22.7 Å². The number of benzene rings is 1. The van der Waals surface area contributed by atoms with Gasteiger partial charge in [0.2, 0.25) is 10.0 Å². The second-order valence-electron chi connectivity index (χ2n) is 4.98. The van der Waals surface area contributed by atoms with Crippen molar-refractivity contribution in [2.45, 2.75) is 18.7 Å². The number of amides is 1. The van der Waals surface area contributed by atoms with Crippen LogP contribution in [0.2, 0.25) is 0 Å². The maximum absolute atomic E-state index is 12.5. The van der Waals surface area contributed by atoms with Gasteiger partial charge in [-0.15, -0.1) is 0 Å². The van der Waals surface area contributed by atoms with Gasteiger partial charge in [-0.05, 0) is 18.2 Å². The van der Waals surface area contributed by atoms with Crippen LogP contribution in [0.5, 0.6) is 0 Å². The van der Waals surface area contributed by atoms with E-state index in [-0.39, 0.29) is 10.8 Å². The molecule has 0 fully saturated rings. The Hall–Kier alpha value is -1.48. The molecule has 0 saturated heterocycles. The van der Waals surface area contributed by atoms with Crippen molar-refractivity contribution in [3.8, 4) is 0 Å². The van der Waals surface area contributed by atoms with Crippen LogP contribution in [0.15, 0.2) is 29.2 Å². The van der Waals surface area contributed by atoms with Crippen LogP contribution in [0.3, 0.4) is 0 Å². The second kappa shape index (κ2) is 10.4. The molecule has 0 aromatic heterocycles. The number of methoxy groups -OCH3 is 1.